The molecule has 28 heavy (non-hydrogen) atoms. The van der Waals surface area contributed by atoms with Crippen molar-refractivity contribution in [1.29, 1.82) is 0 Å². The van der Waals surface area contributed by atoms with Gasteiger partial charge in [0.15, 0.2) is 12.0 Å². The second kappa shape index (κ2) is 8.27. The van der Waals surface area contributed by atoms with Crippen molar-refractivity contribution < 1.29 is 18.7 Å². The lowest BCUT2D eigenvalue weighted by molar-refractivity contribution is -0.135. The standard InChI is InChI=1S/C21H18ClNO5/c1-13(14-6-4-3-5-7-14)23(2)20(25)12-27-21(26)19-11-17(24)16-10-15(22)8-9-18(16)28-19/h3-11,13H,12H2,1-2H3/t13-/m1/s1. The minimum Gasteiger partial charge on any atom is -0.450 e. The van der Waals surface area contributed by atoms with Crippen LogP contribution in [0.5, 0.6) is 0 Å². The van der Waals surface area contributed by atoms with Crippen LogP contribution in [0.15, 0.2) is 63.8 Å². The molecule has 0 unspecified atom stereocenters. The largest absolute Gasteiger partial charge is 0.450 e. The van der Waals surface area contributed by atoms with Crippen molar-refractivity contribution in [1.82, 2.24) is 4.90 Å². The highest BCUT2D eigenvalue weighted by atomic mass is 35.5. The van der Waals surface area contributed by atoms with Gasteiger partial charge in [0, 0.05) is 18.1 Å². The van der Waals surface area contributed by atoms with Crippen molar-refractivity contribution in [2.45, 2.75) is 13.0 Å². The molecule has 3 rings (SSSR count). The Kier molecular flexibility index (Phi) is 5.80. The Bertz CT molecular complexity index is 1080. The Labute approximate surface area is 166 Å². The maximum atomic E-state index is 12.4. The Balaban J connectivity index is 1.68. The molecule has 0 N–H and O–H groups in total. The van der Waals surface area contributed by atoms with Gasteiger partial charge in [0.25, 0.3) is 5.91 Å². The van der Waals surface area contributed by atoms with E-state index in [9.17, 15) is 14.4 Å². The van der Waals surface area contributed by atoms with Gasteiger partial charge in [-0.05, 0) is 30.7 Å². The average Bonchev–Trinajstić information content (AvgIpc) is 2.71. The monoisotopic (exact) mass is 399 g/mol. The van der Waals surface area contributed by atoms with Crippen LogP contribution >= 0.6 is 11.6 Å². The zero-order chi connectivity index (χ0) is 20.3. The van der Waals surface area contributed by atoms with Crippen LogP contribution in [0, 0.1) is 0 Å². The first-order valence-corrected chi connectivity index (χ1v) is 8.96. The Hall–Kier alpha value is -3.12. The summed E-state index contributed by atoms with van der Waals surface area (Å²) in [5.74, 6) is -1.53. The lowest BCUT2D eigenvalue weighted by Crippen LogP contribution is -2.33. The number of hydrogen-bond acceptors (Lipinski definition) is 5. The highest BCUT2D eigenvalue weighted by molar-refractivity contribution is 6.31. The molecule has 1 aromatic heterocycles. The summed E-state index contributed by atoms with van der Waals surface area (Å²) in [5, 5.41) is 0.646. The fourth-order valence-corrected chi connectivity index (χ4v) is 2.87. The molecule has 1 amide bonds. The molecule has 144 valence electrons. The SMILES string of the molecule is C[C@H](c1ccccc1)N(C)C(=O)COC(=O)c1cc(=O)c2cc(Cl)ccc2o1. The van der Waals surface area contributed by atoms with Crippen LogP contribution in [0.3, 0.4) is 0 Å². The van der Waals surface area contributed by atoms with E-state index in [2.05, 4.69) is 0 Å². The summed E-state index contributed by atoms with van der Waals surface area (Å²) in [7, 11) is 1.63. The van der Waals surface area contributed by atoms with Crippen molar-refractivity contribution in [2.24, 2.45) is 0 Å². The normalized spacial score (nSPS) is 11.8. The summed E-state index contributed by atoms with van der Waals surface area (Å²) in [6, 6.07) is 14.8. The minimum atomic E-state index is -0.886. The van der Waals surface area contributed by atoms with Gasteiger partial charge in [0.05, 0.1) is 11.4 Å². The summed E-state index contributed by atoms with van der Waals surface area (Å²) in [6.45, 7) is 1.41. The lowest BCUT2D eigenvalue weighted by Gasteiger charge is -2.25. The van der Waals surface area contributed by atoms with Crippen LogP contribution in [0.25, 0.3) is 11.0 Å². The molecule has 2 aromatic carbocycles. The van der Waals surface area contributed by atoms with Crippen molar-refractivity contribution in [3.05, 3.63) is 81.2 Å². The van der Waals surface area contributed by atoms with Crippen LogP contribution in [-0.4, -0.2) is 30.4 Å². The van der Waals surface area contributed by atoms with Crippen molar-refractivity contribution in [2.75, 3.05) is 13.7 Å². The summed E-state index contributed by atoms with van der Waals surface area (Å²) < 4.78 is 10.4. The van der Waals surface area contributed by atoms with Crippen LogP contribution in [0.2, 0.25) is 5.02 Å². The highest BCUT2D eigenvalue weighted by Gasteiger charge is 2.20. The maximum Gasteiger partial charge on any atom is 0.374 e. The fourth-order valence-electron chi connectivity index (χ4n) is 2.70. The van der Waals surface area contributed by atoms with E-state index in [1.165, 1.54) is 17.0 Å². The molecule has 6 nitrogen and oxygen atoms in total. The molecule has 0 aliphatic heterocycles. The molecule has 0 radical (unpaired) electrons. The fraction of sp³-hybridized carbons (Fsp3) is 0.190. The van der Waals surface area contributed by atoms with Gasteiger partial charge in [-0.1, -0.05) is 41.9 Å². The number of hydrogen-bond donors (Lipinski definition) is 0. The van der Waals surface area contributed by atoms with E-state index in [0.29, 0.717) is 5.02 Å². The van der Waals surface area contributed by atoms with Crippen LogP contribution < -0.4 is 5.43 Å². The number of nitrogens with zero attached hydrogens (tertiary/aromatic N) is 1. The first-order chi connectivity index (χ1) is 13.4. The molecular weight excluding hydrogens is 382 g/mol. The average molecular weight is 400 g/mol. The molecule has 0 aliphatic carbocycles. The molecule has 0 aliphatic rings. The number of halogens is 1. The number of fused-ring (bicyclic) bond motifs is 1. The lowest BCUT2D eigenvalue weighted by atomic mass is 10.1. The summed E-state index contributed by atoms with van der Waals surface area (Å²) in [6.07, 6.45) is 0. The quantitative estimate of drug-likeness (QED) is 0.609. The highest BCUT2D eigenvalue weighted by Crippen LogP contribution is 2.19. The molecular formula is C21H18ClNO5. The second-order valence-corrected chi connectivity index (χ2v) is 6.72. The summed E-state index contributed by atoms with van der Waals surface area (Å²) in [5.41, 5.74) is 0.755. The van der Waals surface area contributed by atoms with Crippen LogP contribution in [0.1, 0.15) is 29.1 Å². The smallest absolute Gasteiger partial charge is 0.374 e. The first kappa shape index (κ1) is 19.6. The molecule has 7 heteroatoms. The Morgan fingerprint density at radius 2 is 1.86 bits per heavy atom. The maximum absolute atomic E-state index is 12.4. The Morgan fingerprint density at radius 1 is 1.14 bits per heavy atom. The van der Waals surface area contributed by atoms with Gasteiger partial charge in [-0.25, -0.2) is 4.79 Å². The molecule has 1 atom stereocenters. The number of rotatable bonds is 5. The summed E-state index contributed by atoms with van der Waals surface area (Å²) >= 11 is 5.86. The van der Waals surface area contributed by atoms with E-state index >= 15 is 0 Å². The number of benzene rings is 2. The summed E-state index contributed by atoms with van der Waals surface area (Å²) in [4.78, 5) is 38.2. The molecule has 0 saturated carbocycles. The van der Waals surface area contributed by atoms with Gasteiger partial charge in [-0.15, -0.1) is 0 Å². The predicted octanol–water partition coefficient (Wildman–Crippen LogP) is 3.82. The molecule has 1 heterocycles. The molecule has 0 fully saturated rings. The van der Waals surface area contributed by atoms with E-state index < -0.39 is 18.0 Å². The Morgan fingerprint density at radius 3 is 2.57 bits per heavy atom. The van der Waals surface area contributed by atoms with Gasteiger partial charge in [-0.3, -0.25) is 9.59 Å². The van der Waals surface area contributed by atoms with Gasteiger partial charge in [0.2, 0.25) is 5.76 Å². The third-order valence-corrected chi connectivity index (χ3v) is 4.71. The number of esters is 1. The molecule has 0 bridgehead atoms. The number of amides is 1. The first-order valence-electron chi connectivity index (χ1n) is 8.58. The topological polar surface area (TPSA) is 76.8 Å². The van der Waals surface area contributed by atoms with Crippen LogP contribution in [0.4, 0.5) is 0 Å². The van der Waals surface area contributed by atoms with Crippen LogP contribution in [-0.2, 0) is 9.53 Å². The molecule has 0 spiro atoms. The van der Waals surface area contributed by atoms with Crippen molar-refractivity contribution in [3.8, 4) is 0 Å². The van der Waals surface area contributed by atoms with E-state index in [1.54, 1.807) is 13.1 Å². The zero-order valence-corrected chi connectivity index (χ0v) is 16.1. The zero-order valence-electron chi connectivity index (χ0n) is 15.3. The van der Waals surface area contributed by atoms with E-state index in [0.717, 1.165) is 11.6 Å². The van der Waals surface area contributed by atoms with Crippen molar-refractivity contribution in [3.63, 3.8) is 0 Å². The number of likely N-dealkylation sites (N-methyl/N-ethyl adjacent to an activating group) is 1. The minimum absolute atomic E-state index is 0.184. The van der Waals surface area contributed by atoms with E-state index in [4.69, 9.17) is 20.8 Å². The van der Waals surface area contributed by atoms with E-state index in [1.807, 2.05) is 37.3 Å². The van der Waals surface area contributed by atoms with Gasteiger partial charge in [-0.2, -0.15) is 0 Å². The number of carbonyl (C=O) groups excluding carboxylic acids is 2. The van der Waals surface area contributed by atoms with Gasteiger partial charge >= 0.3 is 5.97 Å². The van der Waals surface area contributed by atoms with Gasteiger partial charge < -0.3 is 14.1 Å². The predicted molar refractivity (Wildman–Crippen MR) is 105 cm³/mol. The van der Waals surface area contributed by atoms with Gasteiger partial charge in [0.1, 0.15) is 5.58 Å². The second-order valence-electron chi connectivity index (χ2n) is 6.28. The molecule has 0 saturated heterocycles. The van der Waals surface area contributed by atoms with E-state index in [-0.39, 0.29) is 28.7 Å². The molecule has 3 aromatic rings. The number of carbonyl (C=O) groups is 2. The number of ether oxygens (including phenoxy) is 1. The third kappa shape index (κ3) is 4.23. The van der Waals surface area contributed by atoms with Crippen molar-refractivity contribution >= 4 is 34.4 Å². The third-order valence-electron chi connectivity index (χ3n) is 4.47.